The molecule has 46 heavy (non-hydrogen) atoms. The molecule has 0 fully saturated rings. The van der Waals surface area contributed by atoms with Crippen LogP contribution in [0.1, 0.15) is 50.5 Å². The van der Waals surface area contributed by atoms with E-state index in [0.29, 0.717) is 40.1 Å². The molecule has 5 aromatic rings. The molecule has 0 aliphatic rings. The molecule has 2 aromatic carbocycles. The van der Waals surface area contributed by atoms with E-state index in [2.05, 4.69) is 20.4 Å². The first-order valence-corrected chi connectivity index (χ1v) is 14.6. The third-order valence-electron chi connectivity index (χ3n) is 7.38. The van der Waals surface area contributed by atoms with Crippen LogP contribution in [0, 0.1) is 5.82 Å². The standard InChI is InChI=1S/C35H35FN6O4/c1-34(2,3)46-23-11-12-30(38-18-23)39-28-17-27(40-41(7)32(28)44)24-9-8-10-29(25(24)19-43)42-14-13-21-15-22(35(4,5)20-37-6)16-26(36)31(21)33(42)45/h8-20H,1-7H3,(H,38,39). The zero-order chi connectivity index (χ0) is 33.4. The number of pyridine rings is 2. The van der Waals surface area contributed by atoms with Gasteiger partial charge in [-0.25, -0.2) is 14.1 Å². The van der Waals surface area contributed by atoms with Crippen LogP contribution < -0.4 is 21.2 Å². The van der Waals surface area contributed by atoms with Crippen LogP contribution in [0.25, 0.3) is 27.7 Å². The molecule has 0 amide bonds. The first-order chi connectivity index (χ1) is 21.7. The summed E-state index contributed by atoms with van der Waals surface area (Å²) in [5.74, 6) is 0.307. The van der Waals surface area contributed by atoms with Crippen molar-refractivity contribution in [1.82, 2.24) is 19.3 Å². The number of aliphatic imine (C=N–C) groups is 1. The Kier molecular flexibility index (Phi) is 8.44. The van der Waals surface area contributed by atoms with Gasteiger partial charge >= 0.3 is 0 Å². The highest BCUT2D eigenvalue weighted by atomic mass is 19.1. The fourth-order valence-corrected chi connectivity index (χ4v) is 5.23. The Morgan fingerprint density at radius 2 is 1.76 bits per heavy atom. The minimum absolute atomic E-state index is 0.101. The average Bonchev–Trinajstić information content (AvgIpc) is 2.99. The van der Waals surface area contributed by atoms with Crippen LogP contribution in [0.4, 0.5) is 15.9 Å². The van der Waals surface area contributed by atoms with Gasteiger partial charge in [0.1, 0.15) is 28.7 Å². The fraction of sp³-hybridized carbons (Fsp3) is 0.257. The number of benzene rings is 2. The lowest BCUT2D eigenvalue weighted by Crippen LogP contribution is -2.24. The van der Waals surface area contributed by atoms with E-state index in [1.807, 2.05) is 34.6 Å². The van der Waals surface area contributed by atoms with Crippen molar-refractivity contribution < 1.29 is 13.9 Å². The first-order valence-electron chi connectivity index (χ1n) is 14.6. The highest BCUT2D eigenvalue weighted by Crippen LogP contribution is 2.30. The number of carbonyl (C=O) groups excluding carboxylic acids is 1. The summed E-state index contributed by atoms with van der Waals surface area (Å²) in [5.41, 5.74) is -0.0931. The average molecular weight is 623 g/mol. The monoisotopic (exact) mass is 622 g/mol. The topological polar surface area (TPSA) is 120 Å². The lowest BCUT2D eigenvalue weighted by Gasteiger charge is -2.21. The molecule has 1 N–H and O–H groups in total. The lowest BCUT2D eigenvalue weighted by atomic mass is 9.85. The number of hydrogen-bond donors (Lipinski definition) is 1. The molecule has 0 aliphatic carbocycles. The minimum Gasteiger partial charge on any atom is -0.487 e. The Morgan fingerprint density at radius 3 is 2.41 bits per heavy atom. The molecule has 0 bridgehead atoms. The number of anilines is 2. The number of nitrogens with one attached hydrogen (secondary N) is 1. The lowest BCUT2D eigenvalue weighted by molar-refractivity contribution is 0.112. The van der Waals surface area contributed by atoms with Crippen LogP contribution >= 0.6 is 0 Å². The van der Waals surface area contributed by atoms with Gasteiger partial charge in [0.25, 0.3) is 11.1 Å². The molecule has 0 unspecified atom stereocenters. The molecule has 11 heteroatoms. The second kappa shape index (κ2) is 12.2. The van der Waals surface area contributed by atoms with E-state index in [4.69, 9.17) is 4.74 Å². The Balaban J connectivity index is 1.57. The van der Waals surface area contributed by atoms with Crippen LogP contribution in [0.3, 0.4) is 0 Å². The maximum atomic E-state index is 15.5. The van der Waals surface area contributed by atoms with Crippen LogP contribution in [0.5, 0.6) is 5.75 Å². The normalized spacial score (nSPS) is 12.1. The van der Waals surface area contributed by atoms with Gasteiger partial charge in [-0.1, -0.05) is 26.0 Å². The molecule has 0 radical (unpaired) electrons. The highest BCUT2D eigenvalue weighted by Gasteiger charge is 2.22. The number of rotatable bonds is 8. The zero-order valence-electron chi connectivity index (χ0n) is 26.8. The third kappa shape index (κ3) is 6.35. The molecular formula is C35H35FN6O4. The molecular weight excluding hydrogens is 587 g/mol. The molecule has 10 nitrogen and oxygen atoms in total. The first kappa shape index (κ1) is 32.0. The van der Waals surface area contributed by atoms with Crippen molar-refractivity contribution in [3.05, 3.63) is 105 Å². The van der Waals surface area contributed by atoms with E-state index in [1.54, 1.807) is 61.9 Å². The predicted molar refractivity (Wildman–Crippen MR) is 179 cm³/mol. The molecule has 0 aliphatic heterocycles. The number of carbonyl (C=O) groups is 1. The Morgan fingerprint density at radius 1 is 1.00 bits per heavy atom. The Bertz CT molecular complexity index is 2110. The van der Waals surface area contributed by atoms with Crippen molar-refractivity contribution in [3.63, 3.8) is 0 Å². The summed E-state index contributed by atoms with van der Waals surface area (Å²) in [7, 11) is 3.14. The number of ether oxygens (including phenoxy) is 1. The SMILES string of the molecule is CN=CC(C)(C)c1cc(F)c2c(=O)n(-c3cccc(-c4cc(Nc5ccc(OC(C)(C)C)cn5)c(=O)n(C)n4)c3C=O)ccc2c1. The van der Waals surface area contributed by atoms with Gasteiger partial charge in [0.05, 0.1) is 23.0 Å². The van der Waals surface area contributed by atoms with Crippen molar-refractivity contribution in [2.75, 3.05) is 12.4 Å². The van der Waals surface area contributed by atoms with Crippen LogP contribution in [0.2, 0.25) is 0 Å². The number of aryl methyl sites for hydroxylation is 1. The van der Waals surface area contributed by atoms with Gasteiger partial charge in [-0.15, -0.1) is 0 Å². The molecule has 0 atom stereocenters. The van der Waals surface area contributed by atoms with Gasteiger partial charge < -0.3 is 10.1 Å². The van der Waals surface area contributed by atoms with Gasteiger partial charge in [-0.05, 0) is 74.2 Å². The van der Waals surface area contributed by atoms with Gasteiger partial charge in [0.15, 0.2) is 6.29 Å². The molecule has 3 aromatic heterocycles. The Labute approximate surface area is 265 Å². The molecule has 0 spiro atoms. The van der Waals surface area contributed by atoms with Gasteiger partial charge in [-0.2, -0.15) is 5.10 Å². The maximum Gasteiger partial charge on any atom is 0.290 e. The number of aromatic nitrogens is 4. The number of fused-ring (bicyclic) bond motifs is 1. The smallest absolute Gasteiger partial charge is 0.290 e. The Hall–Kier alpha value is -5.45. The number of hydrogen-bond acceptors (Lipinski definition) is 8. The quantitative estimate of drug-likeness (QED) is 0.167. The summed E-state index contributed by atoms with van der Waals surface area (Å²) in [6, 6.07) is 14.6. The predicted octanol–water partition coefficient (Wildman–Crippen LogP) is 6.00. The number of halogens is 1. The van der Waals surface area contributed by atoms with Crippen LogP contribution in [0.15, 0.2) is 81.6 Å². The molecule has 5 rings (SSSR count). The maximum absolute atomic E-state index is 15.5. The summed E-state index contributed by atoms with van der Waals surface area (Å²) in [6.07, 6.45) is 5.41. The summed E-state index contributed by atoms with van der Waals surface area (Å²) in [6.45, 7) is 9.61. The van der Waals surface area contributed by atoms with Crippen molar-refractivity contribution in [2.24, 2.45) is 12.0 Å². The highest BCUT2D eigenvalue weighted by molar-refractivity contribution is 5.92. The van der Waals surface area contributed by atoms with E-state index >= 15 is 4.39 Å². The second-order valence-corrected chi connectivity index (χ2v) is 12.5. The van der Waals surface area contributed by atoms with Crippen LogP contribution in [-0.2, 0) is 12.5 Å². The van der Waals surface area contributed by atoms with Crippen molar-refractivity contribution in [3.8, 4) is 22.7 Å². The van der Waals surface area contributed by atoms with E-state index < -0.39 is 28.0 Å². The fourth-order valence-electron chi connectivity index (χ4n) is 5.23. The number of aldehydes is 1. The van der Waals surface area contributed by atoms with Gasteiger partial charge in [0, 0.05) is 43.0 Å². The minimum atomic E-state index is -0.671. The second-order valence-electron chi connectivity index (χ2n) is 12.5. The van der Waals surface area contributed by atoms with E-state index in [0.717, 1.165) is 4.68 Å². The van der Waals surface area contributed by atoms with E-state index in [9.17, 15) is 14.4 Å². The largest absolute Gasteiger partial charge is 0.487 e. The zero-order valence-corrected chi connectivity index (χ0v) is 26.8. The van der Waals surface area contributed by atoms with Gasteiger partial charge in [-0.3, -0.25) is 23.9 Å². The molecule has 3 heterocycles. The van der Waals surface area contributed by atoms with Crippen LogP contribution in [-0.4, -0.2) is 44.5 Å². The summed E-state index contributed by atoms with van der Waals surface area (Å²) < 4.78 is 23.7. The summed E-state index contributed by atoms with van der Waals surface area (Å²) in [4.78, 5) is 47.7. The van der Waals surface area contributed by atoms with Crippen molar-refractivity contribution in [1.29, 1.82) is 0 Å². The van der Waals surface area contributed by atoms with Crippen molar-refractivity contribution in [2.45, 2.75) is 45.6 Å². The van der Waals surface area contributed by atoms with E-state index in [1.165, 1.54) is 29.9 Å². The number of nitrogens with zero attached hydrogens (tertiary/aromatic N) is 5. The summed E-state index contributed by atoms with van der Waals surface area (Å²) >= 11 is 0. The third-order valence-corrected chi connectivity index (χ3v) is 7.38. The molecule has 0 saturated heterocycles. The van der Waals surface area contributed by atoms with Gasteiger partial charge in [0.2, 0.25) is 0 Å². The van der Waals surface area contributed by atoms with E-state index in [-0.39, 0.29) is 22.3 Å². The summed E-state index contributed by atoms with van der Waals surface area (Å²) in [5, 5.41) is 7.74. The molecule has 0 saturated carbocycles. The molecule has 236 valence electrons. The van der Waals surface area contributed by atoms with Crippen molar-refractivity contribution >= 4 is 34.8 Å².